The molecule has 2 atom stereocenters. The number of alkyl halides is 3. The molecular weight excluding hydrogens is 649 g/mol. The molecule has 0 fully saturated rings. The van der Waals surface area contributed by atoms with Gasteiger partial charge in [-0.2, -0.15) is 13.2 Å². The van der Waals surface area contributed by atoms with Crippen LogP contribution in [0.3, 0.4) is 0 Å². The molecule has 0 aliphatic carbocycles. The highest BCUT2D eigenvalue weighted by Gasteiger charge is 2.30. The number of hydrogen-bond acceptors (Lipinski definition) is 4. The van der Waals surface area contributed by atoms with E-state index in [0.29, 0.717) is 29.2 Å². The summed E-state index contributed by atoms with van der Waals surface area (Å²) in [6, 6.07) is 11.1. The maximum atomic E-state index is 14.5. The molecule has 2 amide bonds. The van der Waals surface area contributed by atoms with Crippen LogP contribution in [0.5, 0.6) is 0 Å². The average molecular weight is 685 g/mol. The molecule has 3 aromatic rings. The van der Waals surface area contributed by atoms with Gasteiger partial charge in [0, 0.05) is 47.8 Å². The molecule has 0 saturated carbocycles. The summed E-state index contributed by atoms with van der Waals surface area (Å²) in [5, 5.41) is 16.6. The first kappa shape index (κ1) is 35.1. The Hall–Kier alpha value is -3.35. The van der Waals surface area contributed by atoms with E-state index >= 15 is 0 Å². The van der Waals surface area contributed by atoms with Crippen molar-refractivity contribution >= 4 is 27.7 Å². The first-order valence-electron chi connectivity index (χ1n) is 14.2. The lowest BCUT2D eigenvalue weighted by atomic mass is 9.99. The van der Waals surface area contributed by atoms with Gasteiger partial charge in [0.15, 0.2) is 0 Å². The Kier molecular flexibility index (Phi) is 12.9. The van der Waals surface area contributed by atoms with E-state index in [1.807, 2.05) is 13.8 Å². The number of rotatable bonds is 14. The molecule has 0 unspecified atom stereocenters. The van der Waals surface area contributed by atoms with E-state index in [0.717, 1.165) is 31.0 Å². The van der Waals surface area contributed by atoms with Gasteiger partial charge in [-0.25, -0.2) is 8.78 Å². The van der Waals surface area contributed by atoms with Gasteiger partial charge in [-0.1, -0.05) is 54.0 Å². The average Bonchev–Trinajstić information content (AvgIpc) is 2.96. The fourth-order valence-electron chi connectivity index (χ4n) is 4.70. The topological polar surface area (TPSA) is 81.7 Å². The van der Waals surface area contributed by atoms with Crippen LogP contribution in [0.1, 0.15) is 64.1 Å². The molecule has 0 bridgehead atoms. The zero-order valence-electron chi connectivity index (χ0n) is 24.4. The number of hydrogen-bond donors (Lipinski definition) is 3. The van der Waals surface area contributed by atoms with Gasteiger partial charge in [0.2, 0.25) is 0 Å². The van der Waals surface area contributed by atoms with Gasteiger partial charge in [0.25, 0.3) is 11.8 Å². The molecule has 3 aromatic carbocycles. The van der Waals surface area contributed by atoms with Crippen molar-refractivity contribution in [1.82, 2.24) is 15.5 Å². The normalized spacial score (nSPS) is 12.9. The number of halogens is 6. The maximum Gasteiger partial charge on any atom is 0.416 e. The Balaban J connectivity index is 1.81. The zero-order chi connectivity index (χ0) is 32.4. The molecule has 3 rings (SSSR count). The molecule has 12 heteroatoms. The number of nitrogens with zero attached hydrogens (tertiary/aromatic N) is 1. The van der Waals surface area contributed by atoms with Crippen LogP contribution in [0.15, 0.2) is 65.1 Å². The Bertz CT molecular complexity index is 1430. The monoisotopic (exact) mass is 683 g/mol. The van der Waals surface area contributed by atoms with Gasteiger partial charge < -0.3 is 20.6 Å². The number of aliphatic hydroxyl groups is 1. The smallest absolute Gasteiger partial charge is 0.390 e. The van der Waals surface area contributed by atoms with Crippen LogP contribution < -0.4 is 10.6 Å². The number of carbonyl (C=O) groups is 2. The first-order chi connectivity index (χ1) is 20.8. The van der Waals surface area contributed by atoms with E-state index in [-0.39, 0.29) is 42.1 Å². The Morgan fingerprint density at radius 1 is 0.955 bits per heavy atom. The standard InChI is InChI=1S/C32H35BrF5N3O3/c1-3-10-41(11-4-2)31(44)23-13-22(14-25(33)15-23)30(43)40-28(16-21-8-9-26(34)17-27(21)35)29(42)19-39-18-20-6-5-7-24(12-20)32(36,37)38/h5-9,12-15,17,28-29,39,42H,3-4,10-11,16,18-19H2,1-2H3,(H,40,43)/t28-,29+/m0/s1. The number of benzene rings is 3. The second kappa shape index (κ2) is 16.1. The predicted molar refractivity (Wildman–Crippen MR) is 161 cm³/mol. The fourth-order valence-corrected chi connectivity index (χ4v) is 5.20. The van der Waals surface area contributed by atoms with Crippen LogP contribution in [0, 0.1) is 11.6 Å². The van der Waals surface area contributed by atoms with Gasteiger partial charge in [0.1, 0.15) is 11.6 Å². The Morgan fingerprint density at radius 2 is 1.64 bits per heavy atom. The van der Waals surface area contributed by atoms with Crippen molar-refractivity contribution in [2.45, 2.75) is 58.0 Å². The third-order valence-electron chi connectivity index (χ3n) is 6.85. The number of nitrogens with one attached hydrogen (secondary N) is 2. The van der Waals surface area contributed by atoms with Crippen LogP contribution in [0.25, 0.3) is 0 Å². The van der Waals surface area contributed by atoms with Gasteiger partial charge in [-0.3, -0.25) is 9.59 Å². The molecule has 44 heavy (non-hydrogen) atoms. The summed E-state index contributed by atoms with van der Waals surface area (Å²) >= 11 is 3.35. The van der Waals surface area contributed by atoms with Gasteiger partial charge in [-0.05, 0) is 60.7 Å². The maximum absolute atomic E-state index is 14.5. The highest BCUT2D eigenvalue weighted by Crippen LogP contribution is 2.29. The van der Waals surface area contributed by atoms with Crippen LogP contribution in [0.2, 0.25) is 0 Å². The minimum absolute atomic E-state index is 0.0182. The second-order valence-electron chi connectivity index (χ2n) is 10.4. The highest BCUT2D eigenvalue weighted by atomic mass is 79.9. The van der Waals surface area contributed by atoms with E-state index in [4.69, 9.17) is 0 Å². The Labute approximate surface area is 261 Å². The quantitative estimate of drug-likeness (QED) is 0.170. The number of aliphatic hydroxyl groups excluding tert-OH is 1. The van der Waals surface area contributed by atoms with Crippen molar-refractivity contribution in [2.24, 2.45) is 0 Å². The summed E-state index contributed by atoms with van der Waals surface area (Å²) < 4.78 is 67.8. The van der Waals surface area contributed by atoms with Crippen molar-refractivity contribution in [3.05, 3.63) is 105 Å². The second-order valence-corrected chi connectivity index (χ2v) is 11.4. The largest absolute Gasteiger partial charge is 0.416 e. The number of amides is 2. The van der Waals surface area contributed by atoms with Crippen LogP contribution in [0.4, 0.5) is 22.0 Å². The van der Waals surface area contributed by atoms with Crippen molar-refractivity contribution in [2.75, 3.05) is 19.6 Å². The van der Waals surface area contributed by atoms with E-state index in [1.54, 1.807) is 11.0 Å². The van der Waals surface area contributed by atoms with E-state index in [2.05, 4.69) is 26.6 Å². The van der Waals surface area contributed by atoms with Gasteiger partial charge >= 0.3 is 6.18 Å². The molecule has 0 aliphatic rings. The number of carbonyl (C=O) groups excluding carboxylic acids is 2. The zero-order valence-corrected chi connectivity index (χ0v) is 25.9. The van der Waals surface area contributed by atoms with E-state index in [9.17, 15) is 36.6 Å². The minimum atomic E-state index is -4.51. The van der Waals surface area contributed by atoms with E-state index in [1.165, 1.54) is 30.3 Å². The minimum Gasteiger partial charge on any atom is -0.390 e. The summed E-state index contributed by atoms with van der Waals surface area (Å²) in [5.41, 5.74) is -0.0499. The molecule has 6 nitrogen and oxygen atoms in total. The summed E-state index contributed by atoms with van der Waals surface area (Å²) in [7, 11) is 0. The van der Waals surface area contributed by atoms with Crippen molar-refractivity contribution < 1.29 is 36.6 Å². The van der Waals surface area contributed by atoms with E-state index < -0.39 is 41.4 Å². The molecule has 0 radical (unpaired) electrons. The van der Waals surface area contributed by atoms with Gasteiger partial charge in [-0.15, -0.1) is 0 Å². The predicted octanol–water partition coefficient (Wildman–Crippen LogP) is 6.50. The first-order valence-corrected chi connectivity index (χ1v) is 15.0. The van der Waals surface area contributed by atoms with Crippen LogP contribution in [-0.4, -0.2) is 53.6 Å². The molecule has 3 N–H and O–H groups in total. The van der Waals surface area contributed by atoms with Crippen LogP contribution >= 0.6 is 15.9 Å². The van der Waals surface area contributed by atoms with Crippen molar-refractivity contribution in [3.63, 3.8) is 0 Å². The molecule has 0 aromatic heterocycles. The summed E-state index contributed by atoms with van der Waals surface area (Å²) in [5.74, 6) is -2.55. The van der Waals surface area contributed by atoms with Crippen LogP contribution in [-0.2, 0) is 19.1 Å². The molecule has 238 valence electrons. The third-order valence-corrected chi connectivity index (χ3v) is 7.31. The lowest BCUT2D eigenvalue weighted by molar-refractivity contribution is -0.137. The molecule has 0 aliphatic heterocycles. The lowest BCUT2D eigenvalue weighted by Crippen LogP contribution is -2.48. The van der Waals surface area contributed by atoms with Crippen molar-refractivity contribution in [3.8, 4) is 0 Å². The summed E-state index contributed by atoms with van der Waals surface area (Å²) in [6.45, 7) is 4.82. The summed E-state index contributed by atoms with van der Waals surface area (Å²) in [4.78, 5) is 28.3. The third kappa shape index (κ3) is 10.1. The molecular formula is C32H35BrF5N3O3. The van der Waals surface area contributed by atoms with Crippen molar-refractivity contribution in [1.29, 1.82) is 0 Å². The lowest BCUT2D eigenvalue weighted by Gasteiger charge is -2.25. The van der Waals surface area contributed by atoms with Gasteiger partial charge in [0.05, 0.1) is 17.7 Å². The fraction of sp³-hybridized carbons (Fsp3) is 0.375. The molecule has 0 saturated heterocycles. The SMILES string of the molecule is CCCN(CCC)C(=O)c1cc(Br)cc(C(=O)N[C@@H](Cc2ccc(F)cc2F)[C@H](O)CNCc2cccc(C(F)(F)F)c2)c1. The highest BCUT2D eigenvalue weighted by molar-refractivity contribution is 9.10. The molecule has 0 spiro atoms. The summed E-state index contributed by atoms with van der Waals surface area (Å²) in [6.07, 6.45) is -4.54. The Morgan fingerprint density at radius 3 is 2.27 bits per heavy atom. The molecule has 0 heterocycles.